The van der Waals surface area contributed by atoms with Crippen molar-refractivity contribution in [2.24, 2.45) is 5.73 Å². The van der Waals surface area contributed by atoms with Crippen LogP contribution in [0, 0.1) is 13.8 Å². The van der Waals surface area contributed by atoms with E-state index >= 15 is 0 Å². The molecule has 1 aliphatic rings. The highest BCUT2D eigenvalue weighted by atomic mass is 16.5. The molecule has 0 aromatic heterocycles. The Bertz CT molecular complexity index is 1100. The summed E-state index contributed by atoms with van der Waals surface area (Å²) in [5.41, 5.74) is 12.8. The van der Waals surface area contributed by atoms with Crippen LogP contribution in [0.5, 0.6) is 5.75 Å². The van der Waals surface area contributed by atoms with E-state index in [2.05, 4.69) is 39.8 Å². The van der Waals surface area contributed by atoms with Crippen LogP contribution in [0.4, 0.5) is 5.69 Å². The van der Waals surface area contributed by atoms with Crippen molar-refractivity contribution in [1.82, 2.24) is 0 Å². The van der Waals surface area contributed by atoms with Gasteiger partial charge in [0, 0.05) is 30.9 Å². The SMILES string of the molecule is CO.COc1ccc(C(C)(C)C)cc1C.Cc1ccc(C(=O)N2CCC(N)c3ccccc32)cc1. The number of nitrogens with zero attached hydrogens (tertiary/aromatic N) is 1. The maximum absolute atomic E-state index is 12.7. The summed E-state index contributed by atoms with van der Waals surface area (Å²) in [6.45, 7) is 11.4. The van der Waals surface area contributed by atoms with Gasteiger partial charge in [0.25, 0.3) is 5.91 Å². The largest absolute Gasteiger partial charge is 0.496 e. The molecule has 0 fully saturated rings. The number of methoxy groups -OCH3 is 1. The van der Waals surface area contributed by atoms with Crippen molar-refractivity contribution in [2.45, 2.75) is 52.5 Å². The maximum Gasteiger partial charge on any atom is 0.258 e. The normalized spacial score (nSPS) is 14.5. The van der Waals surface area contributed by atoms with E-state index in [4.69, 9.17) is 15.6 Å². The lowest BCUT2D eigenvalue weighted by molar-refractivity contribution is 0.0984. The third-order valence-corrected chi connectivity index (χ3v) is 6.10. The van der Waals surface area contributed by atoms with Crippen LogP contribution in [0.2, 0.25) is 0 Å². The number of nitrogens with two attached hydrogens (primary N) is 1. The fraction of sp³-hybridized carbons (Fsp3) is 0.367. The van der Waals surface area contributed by atoms with Crippen molar-refractivity contribution in [2.75, 3.05) is 25.7 Å². The van der Waals surface area contributed by atoms with E-state index in [1.54, 1.807) is 7.11 Å². The molecule has 1 aliphatic heterocycles. The van der Waals surface area contributed by atoms with Crippen LogP contribution in [0.15, 0.2) is 66.7 Å². The number of carbonyl (C=O) groups is 1. The molecule has 0 saturated heterocycles. The zero-order chi connectivity index (χ0) is 26.2. The molecule has 4 rings (SSSR count). The Hall–Kier alpha value is -3.15. The Kier molecular flexibility index (Phi) is 10.1. The number of carbonyl (C=O) groups excluding carboxylic acids is 1. The maximum atomic E-state index is 12.7. The third-order valence-electron chi connectivity index (χ3n) is 6.10. The van der Waals surface area contributed by atoms with Gasteiger partial charge in [-0.25, -0.2) is 0 Å². The van der Waals surface area contributed by atoms with Crippen molar-refractivity contribution in [1.29, 1.82) is 0 Å². The van der Waals surface area contributed by atoms with Gasteiger partial charge in [0.15, 0.2) is 0 Å². The van der Waals surface area contributed by atoms with Gasteiger partial charge >= 0.3 is 0 Å². The average molecular weight is 477 g/mol. The molecule has 35 heavy (non-hydrogen) atoms. The quantitative estimate of drug-likeness (QED) is 0.479. The molecule has 5 heteroatoms. The summed E-state index contributed by atoms with van der Waals surface area (Å²) < 4.78 is 5.21. The zero-order valence-corrected chi connectivity index (χ0v) is 22.1. The number of aryl methyl sites for hydroxylation is 2. The highest BCUT2D eigenvalue weighted by Gasteiger charge is 2.27. The van der Waals surface area contributed by atoms with Gasteiger partial charge in [-0.1, -0.05) is 68.8 Å². The number of amides is 1. The van der Waals surface area contributed by atoms with Crippen LogP contribution in [-0.4, -0.2) is 31.8 Å². The molecular formula is C30H40N2O3. The van der Waals surface area contributed by atoms with Crippen molar-refractivity contribution in [3.8, 4) is 5.75 Å². The van der Waals surface area contributed by atoms with Gasteiger partial charge in [0.05, 0.1) is 7.11 Å². The minimum absolute atomic E-state index is 0.0215. The Morgan fingerprint density at radius 1 is 1.00 bits per heavy atom. The van der Waals surface area contributed by atoms with E-state index in [-0.39, 0.29) is 17.4 Å². The second kappa shape index (κ2) is 12.5. The van der Waals surface area contributed by atoms with Gasteiger partial charge in [-0.3, -0.25) is 4.79 Å². The van der Waals surface area contributed by atoms with E-state index in [0.29, 0.717) is 6.54 Å². The van der Waals surface area contributed by atoms with Crippen LogP contribution in [-0.2, 0) is 5.41 Å². The molecule has 5 nitrogen and oxygen atoms in total. The molecule has 3 N–H and O–H groups in total. The zero-order valence-electron chi connectivity index (χ0n) is 22.1. The van der Waals surface area contributed by atoms with Crippen LogP contribution in [0.25, 0.3) is 0 Å². The fourth-order valence-electron chi connectivity index (χ4n) is 4.00. The van der Waals surface area contributed by atoms with Gasteiger partial charge in [0.2, 0.25) is 0 Å². The van der Waals surface area contributed by atoms with E-state index in [1.807, 2.05) is 66.4 Å². The molecule has 3 aromatic rings. The molecule has 0 saturated carbocycles. The van der Waals surface area contributed by atoms with Crippen LogP contribution < -0.4 is 15.4 Å². The first kappa shape index (κ1) is 28.1. The minimum Gasteiger partial charge on any atom is -0.496 e. The molecule has 1 amide bonds. The molecule has 188 valence electrons. The lowest BCUT2D eigenvalue weighted by Gasteiger charge is -2.32. The summed E-state index contributed by atoms with van der Waals surface area (Å²) in [7, 11) is 2.71. The minimum atomic E-state index is 0.0215. The number of para-hydroxylation sites is 1. The highest BCUT2D eigenvalue weighted by Crippen LogP contribution is 2.33. The Labute approximate surface area is 210 Å². The highest BCUT2D eigenvalue weighted by molar-refractivity contribution is 6.06. The third kappa shape index (κ3) is 7.17. The molecule has 1 heterocycles. The summed E-state index contributed by atoms with van der Waals surface area (Å²) in [6.07, 6.45) is 0.800. The van der Waals surface area contributed by atoms with Crippen molar-refractivity contribution >= 4 is 11.6 Å². The monoisotopic (exact) mass is 476 g/mol. The molecule has 0 spiro atoms. The Morgan fingerprint density at radius 3 is 2.20 bits per heavy atom. The van der Waals surface area contributed by atoms with Crippen LogP contribution >= 0.6 is 0 Å². The van der Waals surface area contributed by atoms with Gasteiger partial charge in [-0.05, 0) is 66.6 Å². The topological polar surface area (TPSA) is 75.8 Å². The summed E-state index contributed by atoms with van der Waals surface area (Å²) in [5, 5.41) is 7.00. The second-order valence-corrected chi connectivity index (χ2v) is 9.71. The molecule has 0 bridgehead atoms. The van der Waals surface area contributed by atoms with Crippen LogP contribution in [0.1, 0.15) is 65.8 Å². The summed E-state index contributed by atoms with van der Waals surface area (Å²) in [5.74, 6) is 1.01. The number of rotatable bonds is 2. The number of fused-ring (bicyclic) bond motifs is 1. The fourth-order valence-corrected chi connectivity index (χ4v) is 4.00. The van der Waals surface area contributed by atoms with Gasteiger partial charge < -0.3 is 20.5 Å². The lowest BCUT2D eigenvalue weighted by Crippen LogP contribution is -2.38. The predicted molar refractivity (Wildman–Crippen MR) is 145 cm³/mol. The molecule has 0 aliphatic carbocycles. The van der Waals surface area contributed by atoms with E-state index in [0.717, 1.165) is 41.7 Å². The first-order valence-electron chi connectivity index (χ1n) is 11.9. The van der Waals surface area contributed by atoms with Gasteiger partial charge in [-0.2, -0.15) is 0 Å². The number of hydrogen-bond donors (Lipinski definition) is 2. The standard InChI is InChI=1S/C17H18N2O.C12H18O.CH4O/c1-12-6-8-13(9-7-12)17(20)19-11-10-15(18)14-4-2-3-5-16(14)19;1-9-8-10(12(2,3)4)6-7-11(9)13-5;1-2/h2-9,15H,10-11,18H2,1H3;6-8H,1-5H3;2H,1H3. The van der Waals surface area contributed by atoms with Crippen molar-refractivity contribution in [3.63, 3.8) is 0 Å². The first-order chi connectivity index (χ1) is 16.6. The molecular weight excluding hydrogens is 436 g/mol. The molecule has 1 unspecified atom stereocenters. The smallest absolute Gasteiger partial charge is 0.258 e. The van der Waals surface area contributed by atoms with E-state index in [9.17, 15) is 4.79 Å². The second-order valence-electron chi connectivity index (χ2n) is 9.71. The average Bonchev–Trinajstić information content (AvgIpc) is 2.85. The molecule has 0 radical (unpaired) electrons. The lowest BCUT2D eigenvalue weighted by atomic mass is 9.86. The molecule has 1 atom stereocenters. The summed E-state index contributed by atoms with van der Waals surface area (Å²) in [4.78, 5) is 14.5. The van der Waals surface area contributed by atoms with E-state index in [1.165, 1.54) is 11.1 Å². The predicted octanol–water partition coefficient (Wildman–Crippen LogP) is 5.95. The number of ether oxygens (including phenoxy) is 1. The number of hydrogen-bond acceptors (Lipinski definition) is 4. The van der Waals surface area contributed by atoms with Crippen molar-refractivity contribution < 1.29 is 14.6 Å². The van der Waals surface area contributed by atoms with Crippen LogP contribution in [0.3, 0.4) is 0 Å². The first-order valence-corrected chi connectivity index (χ1v) is 11.9. The van der Waals surface area contributed by atoms with Crippen molar-refractivity contribution in [3.05, 3.63) is 94.5 Å². The number of aliphatic hydroxyl groups excluding tert-OH is 1. The summed E-state index contributed by atoms with van der Waals surface area (Å²) >= 11 is 0. The van der Waals surface area contributed by atoms with Gasteiger partial charge in [-0.15, -0.1) is 0 Å². The summed E-state index contributed by atoms with van der Waals surface area (Å²) in [6, 6.07) is 22.0. The molecule has 3 aromatic carbocycles. The van der Waals surface area contributed by atoms with Gasteiger partial charge in [0.1, 0.15) is 5.75 Å². The number of benzene rings is 3. The Morgan fingerprint density at radius 2 is 1.63 bits per heavy atom. The number of aliphatic hydroxyl groups is 1. The van der Waals surface area contributed by atoms with E-state index < -0.39 is 0 Å². The number of anilines is 1. The Balaban J connectivity index is 0.000000251.